The Labute approximate surface area is 101 Å². The van der Waals surface area contributed by atoms with Gasteiger partial charge in [0.25, 0.3) is 0 Å². The minimum absolute atomic E-state index is 0.175. The van der Waals surface area contributed by atoms with Gasteiger partial charge in [-0.15, -0.1) is 0 Å². The number of halogens is 1. The van der Waals surface area contributed by atoms with Gasteiger partial charge >= 0.3 is 0 Å². The molecule has 0 spiro atoms. The fraction of sp³-hybridized carbons (Fsp3) is 0.154. The largest absolute Gasteiger partial charge is 0.492 e. The van der Waals surface area contributed by atoms with E-state index >= 15 is 0 Å². The molecule has 0 fully saturated rings. The topological polar surface area (TPSA) is 26.3 Å². The highest BCUT2D eigenvalue weighted by Crippen LogP contribution is 2.33. The summed E-state index contributed by atoms with van der Waals surface area (Å²) in [6.45, 7) is 0.494. The van der Waals surface area contributed by atoms with Crippen molar-refractivity contribution in [1.29, 1.82) is 0 Å². The molecule has 0 saturated carbocycles. The monoisotopic (exact) mass is 276 g/mol. The third-order valence-electron chi connectivity index (χ3n) is 2.81. The summed E-state index contributed by atoms with van der Waals surface area (Å²) < 4.78 is 6.52. The van der Waals surface area contributed by atoms with Crippen LogP contribution in [0.25, 0.3) is 10.8 Å². The summed E-state index contributed by atoms with van der Waals surface area (Å²) in [4.78, 5) is 11.9. The molecule has 1 aliphatic rings. The van der Waals surface area contributed by atoms with Crippen LogP contribution in [0.3, 0.4) is 0 Å². The summed E-state index contributed by atoms with van der Waals surface area (Å²) in [7, 11) is 0. The van der Waals surface area contributed by atoms with Crippen LogP contribution >= 0.6 is 15.9 Å². The van der Waals surface area contributed by atoms with Gasteiger partial charge in [0, 0.05) is 10.9 Å². The van der Waals surface area contributed by atoms with Crippen LogP contribution in [0.2, 0.25) is 0 Å². The zero-order valence-electron chi connectivity index (χ0n) is 8.50. The molecule has 1 aliphatic heterocycles. The van der Waals surface area contributed by atoms with E-state index in [4.69, 9.17) is 4.74 Å². The molecule has 0 atom stereocenters. The fourth-order valence-electron chi connectivity index (χ4n) is 2.07. The molecule has 2 aromatic carbocycles. The van der Waals surface area contributed by atoms with Crippen molar-refractivity contribution in [2.24, 2.45) is 0 Å². The molecule has 0 saturated heterocycles. The third kappa shape index (κ3) is 1.43. The summed E-state index contributed by atoms with van der Waals surface area (Å²) in [6, 6.07) is 9.78. The number of benzene rings is 2. The molecule has 0 unspecified atom stereocenters. The van der Waals surface area contributed by atoms with Gasteiger partial charge < -0.3 is 4.74 Å². The van der Waals surface area contributed by atoms with Crippen LogP contribution in [-0.4, -0.2) is 12.4 Å². The molecule has 16 heavy (non-hydrogen) atoms. The first-order chi connectivity index (χ1) is 7.75. The molecular formula is C13H9BrO2. The highest BCUT2D eigenvalue weighted by atomic mass is 79.9. The van der Waals surface area contributed by atoms with Crippen molar-refractivity contribution in [1.82, 2.24) is 0 Å². The van der Waals surface area contributed by atoms with Crippen LogP contribution in [0.5, 0.6) is 5.75 Å². The summed E-state index contributed by atoms with van der Waals surface area (Å²) >= 11 is 3.43. The first-order valence-corrected chi connectivity index (χ1v) is 5.93. The van der Waals surface area contributed by atoms with Crippen LogP contribution in [-0.2, 0) is 0 Å². The molecule has 2 nitrogen and oxygen atoms in total. The van der Waals surface area contributed by atoms with Gasteiger partial charge in [0.2, 0.25) is 0 Å². The van der Waals surface area contributed by atoms with E-state index in [1.807, 2.05) is 30.3 Å². The molecule has 0 bridgehead atoms. The number of ketones is 1. The molecule has 2 aromatic rings. The summed E-state index contributed by atoms with van der Waals surface area (Å²) in [5.41, 5.74) is 0.733. The van der Waals surface area contributed by atoms with E-state index in [-0.39, 0.29) is 5.78 Å². The fourth-order valence-corrected chi connectivity index (χ4v) is 2.45. The van der Waals surface area contributed by atoms with E-state index in [2.05, 4.69) is 15.9 Å². The second-order valence-electron chi connectivity index (χ2n) is 3.83. The smallest absolute Gasteiger partial charge is 0.170 e. The predicted octanol–water partition coefficient (Wildman–Crippen LogP) is 3.57. The molecule has 0 amide bonds. The molecule has 0 aromatic heterocycles. The molecule has 0 N–H and O–H groups in total. The van der Waals surface area contributed by atoms with Crippen molar-refractivity contribution in [3.05, 3.63) is 40.4 Å². The molecule has 1 heterocycles. The number of hydrogen-bond donors (Lipinski definition) is 0. The van der Waals surface area contributed by atoms with Crippen molar-refractivity contribution in [2.75, 3.05) is 6.61 Å². The minimum atomic E-state index is 0.175. The first kappa shape index (κ1) is 9.85. The normalized spacial score (nSPS) is 14.7. The number of hydrogen-bond acceptors (Lipinski definition) is 2. The van der Waals surface area contributed by atoms with Crippen molar-refractivity contribution in [3.63, 3.8) is 0 Å². The lowest BCUT2D eigenvalue weighted by Crippen LogP contribution is -2.15. The number of rotatable bonds is 0. The van der Waals surface area contributed by atoms with Crippen molar-refractivity contribution in [2.45, 2.75) is 6.42 Å². The molecule has 3 heteroatoms. The van der Waals surface area contributed by atoms with E-state index in [0.29, 0.717) is 18.8 Å². The van der Waals surface area contributed by atoms with E-state index < -0.39 is 0 Å². The second-order valence-corrected chi connectivity index (χ2v) is 4.74. The van der Waals surface area contributed by atoms with Crippen LogP contribution in [0.15, 0.2) is 34.8 Å². The number of ether oxygens (including phenoxy) is 1. The van der Waals surface area contributed by atoms with Crippen LogP contribution in [0.4, 0.5) is 0 Å². The van der Waals surface area contributed by atoms with Crippen molar-refractivity contribution in [3.8, 4) is 5.75 Å². The molecule has 80 valence electrons. The number of fused-ring (bicyclic) bond motifs is 3. The Morgan fingerprint density at radius 1 is 1.19 bits per heavy atom. The standard InChI is InChI=1S/C13H9BrO2/c14-9-2-3-10-8(7-9)1-4-12-13(10)11(15)5-6-16-12/h1-4,7H,5-6H2. The van der Waals surface area contributed by atoms with Gasteiger partial charge in [-0.2, -0.15) is 0 Å². The second kappa shape index (κ2) is 3.59. The van der Waals surface area contributed by atoms with Crippen LogP contribution in [0, 0.1) is 0 Å². The average Bonchev–Trinajstić information content (AvgIpc) is 2.29. The molecule has 3 rings (SSSR count). The van der Waals surface area contributed by atoms with Gasteiger partial charge in [-0.25, -0.2) is 0 Å². The van der Waals surface area contributed by atoms with Gasteiger partial charge in [0.05, 0.1) is 12.2 Å². The summed E-state index contributed by atoms with van der Waals surface area (Å²) in [6.07, 6.45) is 0.474. The van der Waals surface area contributed by atoms with E-state index in [9.17, 15) is 4.79 Å². The maximum atomic E-state index is 11.9. The van der Waals surface area contributed by atoms with E-state index in [1.165, 1.54) is 0 Å². The Bertz CT molecular complexity index is 590. The zero-order chi connectivity index (χ0) is 11.1. The van der Waals surface area contributed by atoms with Gasteiger partial charge in [-0.1, -0.05) is 28.1 Å². The highest BCUT2D eigenvalue weighted by molar-refractivity contribution is 9.10. The summed E-state index contributed by atoms with van der Waals surface area (Å²) in [5.74, 6) is 0.889. The van der Waals surface area contributed by atoms with Crippen molar-refractivity contribution >= 4 is 32.5 Å². The Morgan fingerprint density at radius 2 is 2.06 bits per heavy atom. The van der Waals surface area contributed by atoms with Gasteiger partial charge in [-0.05, 0) is 29.0 Å². The minimum Gasteiger partial charge on any atom is -0.492 e. The Hall–Kier alpha value is -1.35. The lowest BCUT2D eigenvalue weighted by molar-refractivity contribution is 0.0936. The molecule has 0 radical (unpaired) electrons. The van der Waals surface area contributed by atoms with E-state index in [1.54, 1.807) is 0 Å². The Kier molecular flexibility index (Phi) is 2.21. The highest BCUT2D eigenvalue weighted by Gasteiger charge is 2.20. The number of Topliss-reactive ketones (excluding diaryl/α,β-unsaturated/α-hetero) is 1. The average molecular weight is 277 g/mol. The SMILES string of the molecule is O=C1CCOc2ccc3cc(Br)ccc3c21. The first-order valence-electron chi connectivity index (χ1n) is 5.14. The zero-order valence-corrected chi connectivity index (χ0v) is 10.1. The molecule has 0 aliphatic carbocycles. The predicted molar refractivity (Wildman–Crippen MR) is 66.1 cm³/mol. The van der Waals surface area contributed by atoms with Crippen LogP contribution < -0.4 is 4.74 Å². The molecular weight excluding hydrogens is 268 g/mol. The Balaban J connectivity index is 2.38. The number of carbonyl (C=O) groups excluding carboxylic acids is 1. The quantitative estimate of drug-likeness (QED) is 0.735. The van der Waals surface area contributed by atoms with Gasteiger partial charge in [0.15, 0.2) is 5.78 Å². The third-order valence-corrected chi connectivity index (χ3v) is 3.30. The number of carbonyl (C=O) groups is 1. The van der Waals surface area contributed by atoms with E-state index in [0.717, 1.165) is 20.8 Å². The maximum Gasteiger partial charge on any atom is 0.170 e. The Morgan fingerprint density at radius 3 is 2.94 bits per heavy atom. The summed E-state index contributed by atoms with van der Waals surface area (Å²) in [5, 5.41) is 2.04. The van der Waals surface area contributed by atoms with Gasteiger partial charge in [0.1, 0.15) is 5.75 Å². The lowest BCUT2D eigenvalue weighted by atomic mass is 9.97. The lowest BCUT2D eigenvalue weighted by Gasteiger charge is -2.17. The van der Waals surface area contributed by atoms with Gasteiger partial charge in [-0.3, -0.25) is 4.79 Å². The van der Waals surface area contributed by atoms with Crippen LogP contribution in [0.1, 0.15) is 16.8 Å². The maximum absolute atomic E-state index is 11.9. The van der Waals surface area contributed by atoms with Crippen molar-refractivity contribution < 1.29 is 9.53 Å².